The van der Waals surface area contributed by atoms with E-state index in [1.807, 2.05) is 7.05 Å². The quantitative estimate of drug-likeness (QED) is 0.695. The normalized spacial score (nSPS) is 25.1. The Kier molecular flexibility index (Phi) is 5.92. The van der Waals surface area contributed by atoms with E-state index in [4.69, 9.17) is 4.74 Å². The number of unbranched alkanes of at least 4 members (excludes halogenated alkanes) is 2. The van der Waals surface area contributed by atoms with Gasteiger partial charge >= 0.3 is 5.97 Å². The number of carbonyl (C=O) groups is 1. The Labute approximate surface area is 104 Å². The first-order valence-corrected chi connectivity index (χ1v) is 6.60. The molecule has 1 unspecified atom stereocenters. The second-order valence-corrected chi connectivity index (χ2v) is 5.19. The molecule has 0 amide bonds. The Morgan fingerprint density at radius 1 is 1.47 bits per heavy atom. The van der Waals surface area contributed by atoms with Gasteiger partial charge < -0.3 is 14.7 Å². The highest BCUT2D eigenvalue weighted by atomic mass is 16.5. The second-order valence-electron chi connectivity index (χ2n) is 5.19. The molecule has 0 bridgehead atoms. The van der Waals surface area contributed by atoms with Gasteiger partial charge in [0.05, 0.1) is 6.61 Å². The van der Waals surface area contributed by atoms with Crippen LogP contribution in [-0.2, 0) is 9.53 Å². The molecular weight excluding hydrogens is 218 g/mol. The predicted octanol–water partition coefficient (Wildman–Crippen LogP) is 1.99. The van der Waals surface area contributed by atoms with Crippen molar-refractivity contribution >= 4 is 5.97 Å². The molecule has 0 radical (unpaired) electrons. The van der Waals surface area contributed by atoms with Gasteiger partial charge in [0.25, 0.3) is 0 Å². The Morgan fingerprint density at radius 3 is 2.76 bits per heavy atom. The average molecular weight is 243 g/mol. The highest BCUT2D eigenvalue weighted by Crippen LogP contribution is 2.29. The van der Waals surface area contributed by atoms with Gasteiger partial charge in [-0.3, -0.25) is 4.79 Å². The smallest absolute Gasteiger partial charge is 0.313 e. The van der Waals surface area contributed by atoms with Crippen LogP contribution in [0.2, 0.25) is 0 Å². The van der Waals surface area contributed by atoms with Crippen LogP contribution in [0.1, 0.15) is 39.0 Å². The molecule has 1 aliphatic heterocycles. The second kappa shape index (κ2) is 6.97. The lowest BCUT2D eigenvalue weighted by molar-refractivity contribution is -0.159. The van der Waals surface area contributed by atoms with Crippen molar-refractivity contribution in [3.63, 3.8) is 0 Å². The van der Waals surface area contributed by atoms with Crippen LogP contribution in [0.25, 0.3) is 0 Å². The fourth-order valence-corrected chi connectivity index (χ4v) is 2.44. The number of rotatable bonds is 7. The van der Waals surface area contributed by atoms with Crippen LogP contribution in [0.3, 0.4) is 0 Å². The van der Waals surface area contributed by atoms with E-state index in [9.17, 15) is 9.90 Å². The molecule has 0 aliphatic carbocycles. The number of hydrogen-bond donors (Lipinski definition) is 1. The first-order chi connectivity index (χ1) is 8.10. The third-order valence-electron chi connectivity index (χ3n) is 3.49. The van der Waals surface area contributed by atoms with Crippen molar-refractivity contribution in [2.24, 2.45) is 5.41 Å². The van der Waals surface area contributed by atoms with Crippen LogP contribution >= 0.6 is 0 Å². The fourth-order valence-electron chi connectivity index (χ4n) is 2.44. The lowest BCUT2D eigenvalue weighted by atomic mass is 9.82. The summed E-state index contributed by atoms with van der Waals surface area (Å²) < 4.78 is 5.37. The van der Waals surface area contributed by atoms with Crippen molar-refractivity contribution in [2.75, 3.05) is 33.4 Å². The maximum atomic E-state index is 11.4. The summed E-state index contributed by atoms with van der Waals surface area (Å²) in [5.41, 5.74) is -0.681. The minimum absolute atomic E-state index is 0.362. The van der Waals surface area contributed by atoms with E-state index in [1.165, 1.54) is 12.8 Å². The molecule has 1 aliphatic rings. The number of carboxylic acid groups (broad SMARTS) is 1. The van der Waals surface area contributed by atoms with Crippen molar-refractivity contribution in [3.05, 3.63) is 0 Å². The van der Waals surface area contributed by atoms with Crippen LogP contribution in [0.4, 0.5) is 0 Å². The van der Waals surface area contributed by atoms with E-state index < -0.39 is 11.4 Å². The number of hydrogen-bond acceptors (Lipinski definition) is 3. The Bertz CT molecular complexity index is 237. The van der Waals surface area contributed by atoms with Crippen LogP contribution in [0.5, 0.6) is 0 Å². The number of aliphatic carboxylic acids is 1. The van der Waals surface area contributed by atoms with Gasteiger partial charge in [-0.15, -0.1) is 0 Å². The monoisotopic (exact) mass is 243 g/mol. The fraction of sp³-hybridized carbons (Fsp3) is 0.923. The first-order valence-electron chi connectivity index (χ1n) is 6.60. The summed E-state index contributed by atoms with van der Waals surface area (Å²) in [6.45, 7) is 4.82. The lowest BCUT2D eigenvalue weighted by Crippen LogP contribution is -2.47. The third-order valence-corrected chi connectivity index (χ3v) is 3.49. The van der Waals surface area contributed by atoms with Gasteiger partial charge in [0.1, 0.15) is 5.41 Å². The molecule has 0 aromatic carbocycles. The summed E-state index contributed by atoms with van der Waals surface area (Å²) in [5, 5.41) is 9.40. The molecule has 4 heteroatoms. The van der Waals surface area contributed by atoms with Gasteiger partial charge in [-0.1, -0.05) is 19.8 Å². The van der Waals surface area contributed by atoms with Crippen molar-refractivity contribution in [1.29, 1.82) is 0 Å². The molecule has 1 rings (SSSR count). The predicted molar refractivity (Wildman–Crippen MR) is 67.1 cm³/mol. The maximum Gasteiger partial charge on any atom is 0.313 e. The highest BCUT2D eigenvalue weighted by Gasteiger charge is 2.41. The van der Waals surface area contributed by atoms with E-state index in [-0.39, 0.29) is 0 Å². The largest absolute Gasteiger partial charge is 0.481 e. The van der Waals surface area contributed by atoms with Crippen molar-refractivity contribution in [3.8, 4) is 0 Å². The standard InChI is InChI=1S/C13H25NO3/c1-3-4-5-8-14(2)10-13(12(15)16)7-6-9-17-11-13/h3-11H2,1-2H3,(H,15,16). The average Bonchev–Trinajstić information content (AvgIpc) is 2.30. The molecule has 0 aromatic heterocycles. The minimum Gasteiger partial charge on any atom is -0.481 e. The lowest BCUT2D eigenvalue weighted by Gasteiger charge is -2.36. The van der Waals surface area contributed by atoms with Crippen molar-refractivity contribution in [1.82, 2.24) is 4.90 Å². The van der Waals surface area contributed by atoms with Crippen LogP contribution < -0.4 is 0 Å². The topological polar surface area (TPSA) is 49.8 Å². The molecule has 4 nitrogen and oxygen atoms in total. The zero-order chi connectivity index (χ0) is 12.7. The van der Waals surface area contributed by atoms with E-state index in [2.05, 4.69) is 11.8 Å². The molecule has 17 heavy (non-hydrogen) atoms. The molecular formula is C13H25NO3. The number of carboxylic acids is 1. The molecule has 1 N–H and O–H groups in total. The highest BCUT2D eigenvalue weighted by molar-refractivity contribution is 5.75. The van der Waals surface area contributed by atoms with Gasteiger partial charge in [-0.05, 0) is 32.9 Å². The van der Waals surface area contributed by atoms with Gasteiger partial charge in [0.15, 0.2) is 0 Å². The van der Waals surface area contributed by atoms with E-state index in [0.29, 0.717) is 19.8 Å². The van der Waals surface area contributed by atoms with E-state index in [0.717, 1.165) is 25.8 Å². The van der Waals surface area contributed by atoms with E-state index >= 15 is 0 Å². The third kappa shape index (κ3) is 4.28. The minimum atomic E-state index is -0.709. The zero-order valence-corrected chi connectivity index (χ0v) is 11.1. The van der Waals surface area contributed by atoms with Crippen molar-refractivity contribution < 1.29 is 14.6 Å². The van der Waals surface area contributed by atoms with Gasteiger partial charge in [0, 0.05) is 13.2 Å². The molecule has 100 valence electrons. The summed E-state index contributed by atoms with van der Waals surface area (Å²) in [6, 6.07) is 0. The summed E-state index contributed by atoms with van der Waals surface area (Å²) in [7, 11) is 2.01. The first kappa shape index (κ1) is 14.5. The molecule has 1 heterocycles. The molecule has 1 atom stereocenters. The summed E-state index contributed by atoms with van der Waals surface area (Å²) in [6.07, 6.45) is 5.14. The molecule has 1 saturated heterocycles. The molecule has 0 saturated carbocycles. The maximum absolute atomic E-state index is 11.4. The molecule has 0 aromatic rings. The van der Waals surface area contributed by atoms with Crippen LogP contribution in [0.15, 0.2) is 0 Å². The molecule has 1 fully saturated rings. The SMILES string of the molecule is CCCCCN(C)CC1(C(=O)O)CCCOC1. The number of nitrogens with zero attached hydrogens (tertiary/aromatic N) is 1. The van der Waals surface area contributed by atoms with Crippen LogP contribution in [-0.4, -0.2) is 49.3 Å². The van der Waals surface area contributed by atoms with E-state index in [1.54, 1.807) is 0 Å². The molecule has 0 spiro atoms. The zero-order valence-electron chi connectivity index (χ0n) is 11.1. The summed E-state index contributed by atoms with van der Waals surface area (Å²) >= 11 is 0. The summed E-state index contributed by atoms with van der Waals surface area (Å²) in [5.74, 6) is -0.709. The van der Waals surface area contributed by atoms with Gasteiger partial charge in [0.2, 0.25) is 0 Å². The van der Waals surface area contributed by atoms with Gasteiger partial charge in [-0.2, -0.15) is 0 Å². The Hall–Kier alpha value is -0.610. The Balaban J connectivity index is 2.45. The Morgan fingerprint density at radius 2 is 2.24 bits per heavy atom. The van der Waals surface area contributed by atoms with Crippen molar-refractivity contribution in [2.45, 2.75) is 39.0 Å². The van der Waals surface area contributed by atoms with Crippen LogP contribution in [0, 0.1) is 5.41 Å². The number of ether oxygens (including phenoxy) is 1. The van der Waals surface area contributed by atoms with Gasteiger partial charge in [-0.25, -0.2) is 0 Å². The summed E-state index contributed by atoms with van der Waals surface area (Å²) in [4.78, 5) is 13.6.